The molecule has 0 radical (unpaired) electrons. The van der Waals surface area contributed by atoms with Gasteiger partial charge in [-0.2, -0.15) is 0 Å². The van der Waals surface area contributed by atoms with E-state index in [4.69, 9.17) is 16.3 Å². The minimum absolute atomic E-state index is 0.132. The van der Waals surface area contributed by atoms with Gasteiger partial charge in [0, 0.05) is 17.5 Å². The number of Topliss-reactive ketones (excluding diaryl/α,β-unsaturated/α-hetero) is 1. The predicted molar refractivity (Wildman–Crippen MR) is 68.1 cm³/mol. The van der Waals surface area contributed by atoms with Crippen molar-refractivity contribution in [3.63, 3.8) is 0 Å². The van der Waals surface area contributed by atoms with Crippen molar-refractivity contribution in [2.24, 2.45) is 0 Å². The third-order valence-corrected chi connectivity index (χ3v) is 2.53. The van der Waals surface area contributed by atoms with Crippen molar-refractivity contribution in [3.8, 4) is 5.75 Å². The van der Waals surface area contributed by atoms with Crippen LogP contribution in [-0.4, -0.2) is 17.3 Å². The first-order chi connectivity index (χ1) is 8.50. The van der Waals surface area contributed by atoms with Crippen LogP contribution in [0, 0.1) is 10.1 Å². The predicted octanol–water partition coefficient (Wildman–Crippen LogP) is 3.39. The zero-order chi connectivity index (χ0) is 13.5. The molecule has 0 heterocycles. The molecule has 0 atom stereocenters. The van der Waals surface area contributed by atoms with Crippen LogP contribution in [0.4, 0.5) is 5.69 Å². The zero-order valence-electron chi connectivity index (χ0n) is 10.0. The number of halogens is 1. The van der Waals surface area contributed by atoms with E-state index < -0.39 is 4.92 Å². The molecule has 1 rings (SSSR count). The van der Waals surface area contributed by atoms with Crippen LogP contribution in [0.15, 0.2) is 18.2 Å². The van der Waals surface area contributed by atoms with E-state index in [1.807, 2.05) is 0 Å². The molecule has 0 spiro atoms. The van der Waals surface area contributed by atoms with Crippen molar-refractivity contribution in [1.82, 2.24) is 0 Å². The van der Waals surface area contributed by atoms with Gasteiger partial charge >= 0.3 is 5.69 Å². The summed E-state index contributed by atoms with van der Waals surface area (Å²) in [6.07, 6.45) is 1.90. The molecule has 0 amide bonds. The number of nitro groups is 1. The fourth-order valence-corrected chi connectivity index (χ4v) is 1.58. The third-order valence-electron chi connectivity index (χ3n) is 2.30. The van der Waals surface area contributed by atoms with E-state index in [1.54, 1.807) is 6.07 Å². The summed E-state index contributed by atoms with van der Waals surface area (Å²) in [6, 6.07) is 4.28. The first-order valence-electron chi connectivity index (χ1n) is 5.57. The molecule has 0 aliphatic carbocycles. The summed E-state index contributed by atoms with van der Waals surface area (Å²) >= 11 is 5.68. The van der Waals surface area contributed by atoms with Crippen LogP contribution in [0.2, 0.25) is 5.02 Å². The lowest BCUT2D eigenvalue weighted by molar-refractivity contribution is -0.385. The minimum atomic E-state index is -0.531. The van der Waals surface area contributed by atoms with Gasteiger partial charge in [-0.1, -0.05) is 11.6 Å². The molecule has 5 nitrogen and oxygen atoms in total. The van der Waals surface area contributed by atoms with Gasteiger partial charge in [-0.15, -0.1) is 0 Å². The first-order valence-corrected chi connectivity index (χ1v) is 5.94. The molecule has 1 aromatic rings. The van der Waals surface area contributed by atoms with Crippen molar-refractivity contribution >= 4 is 23.1 Å². The molecule has 0 saturated heterocycles. The molecular weight excluding hydrogens is 258 g/mol. The lowest BCUT2D eigenvalue weighted by Crippen LogP contribution is -2.01. The Hall–Kier alpha value is -1.62. The highest BCUT2D eigenvalue weighted by molar-refractivity contribution is 6.30. The Morgan fingerprint density at radius 3 is 2.78 bits per heavy atom. The summed E-state index contributed by atoms with van der Waals surface area (Å²) in [5.41, 5.74) is -0.144. The maximum absolute atomic E-state index is 10.8. The second kappa shape index (κ2) is 6.96. The molecule has 18 heavy (non-hydrogen) atoms. The van der Waals surface area contributed by atoms with E-state index in [0.29, 0.717) is 24.5 Å². The number of unbranched alkanes of at least 4 members (excludes halogenated alkanes) is 1. The van der Waals surface area contributed by atoms with Gasteiger partial charge in [0.25, 0.3) is 0 Å². The average molecular weight is 272 g/mol. The highest BCUT2D eigenvalue weighted by Crippen LogP contribution is 2.29. The third kappa shape index (κ3) is 4.71. The van der Waals surface area contributed by atoms with Crippen LogP contribution < -0.4 is 4.74 Å². The topological polar surface area (TPSA) is 69.4 Å². The van der Waals surface area contributed by atoms with Crippen molar-refractivity contribution in [2.75, 3.05) is 6.61 Å². The number of ether oxygens (including phenoxy) is 1. The monoisotopic (exact) mass is 271 g/mol. The van der Waals surface area contributed by atoms with Gasteiger partial charge < -0.3 is 9.53 Å². The first kappa shape index (κ1) is 14.4. The molecule has 0 N–H and O–H groups in total. The lowest BCUT2D eigenvalue weighted by atomic mass is 10.2. The molecule has 6 heteroatoms. The van der Waals surface area contributed by atoms with Crippen molar-refractivity contribution < 1.29 is 14.5 Å². The molecule has 0 aliphatic rings. The van der Waals surface area contributed by atoms with Crippen molar-refractivity contribution in [1.29, 1.82) is 0 Å². The van der Waals surface area contributed by atoms with Gasteiger partial charge in [-0.3, -0.25) is 10.1 Å². The number of carbonyl (C=O) groups is 1. The number of hydrogen-bond donors (Lipinski definition) is 0. The molecule has 1 aromatic carbocycles. The molecular formula is C12H14ClNO4. The fourth-order valence-electron chi connectivity index (χ4n) is 1.41. The fraction of sp³-hybridized carbons (Fsp3) is 0.417. The van der Waals surface area contributed by atoms with E-state index in [-0.39, 0.29) is 17.2 Å². The summed E-state index contributed by atoms with van der Waals surface area (Å²) < 4.78 is 5.32. The van der Waals surface area contributed by atoms with Crippen LogP contribution in [0.5, 0.6) is 5.75 Å². The smallest absolute Gasteiger partial charge is 0.312 e. The number of nitrogens with zero attached hydrogens (tertiary/aromatic N) is 1. The maximum atomic E-state index is 10.8. The van der Waals surface area contributed by atoms with Gasteiger partial charge in [0.05, 0.1) is 11.5 Å². The number of hydrogen-bond acceptors (Lipinski definition) is 4. The summed E-state index contributed by atoms with van der Waals surface area (Å²) in [6.45, 7) is 1.88. The Morgan fingerprint density at radius 2 is 2.17 bits per heavy atom. The van der Waals surface area contributed by atoms with E-state index in [0.717, 1.165) is 6.42 Å². The molecule has 98 valence electrons. The number of ketones is 1. The standard InChI is InChI=1S/C12H14ClNO4/c1-9(15)4-2-3-7-18-12-6-5-10(13)8-11(12)14(16)17/h5-6,8H,2-4,7H2,1H3. The Kier molecular flexibility index (Phi) is 5.58. The SMILES string of the molecule is CC(=O)CCCCOc1ccc(Cl)cc1[N+](=O)[O-]. The second-order valence-corrected chi connectivity index (χ2v) is 4.31. The van der Waals surface area contributed by atoms with E-state index >= 15 is 0 Å². The average Bonchev–Trinajstić information content (AvgIpc) is 2.29. The van der Waals surface area contributed by atoms with Crippen molar-refractivity contribution in [3.05, 3.63) is 33.3 Å². The Morgan fingerprint density at radius 1 is 1.44 bits per heavy atom. The van der Waals surface area contributed by atoms with E-state index in [9.17, 15) is 14.9 Å². The van der Waals surface area contributed by atoms with Crippen LogP contribution in [-0.2, 0) is 4.79 Å². The molecule has 0 aliphatic heterocycles. The molecule has 0 fully saturated rings. The van der Waals surface area contributed by atoms with Crippen molar-refractivity contribution in [2.45, 2.75) is 26.2 Å². The van der Waals surface area contributed by atoms with Gasteiger partial charge in [-0.25, -0.2) is 0 Å². The summed E-state index contributed by atoms with van der Waals surface area (Å²) in [5, 5.41) is 11.1. The summed E-state index contributed by atoms with van der Waals surface area (Å²) in [5.74, 6) is 0.333. The molecule has 0 saturated carbocycles. The largest absolute Gasteiger partial charge is 0.487 e. The van der Waals surface area contributed by atoms with Gasteiger partial charge in [-0.05, 0) is 31.9 Å². The number of nitro benzene ring substituents is 1. The van der Waals surface area contributed by atoms with Gasteiger partial charge in [0.2, 0.25) is 0 Å². The summed E-state index contributed by atoms with van der Waals surface area (Å²) in [7, 11) is 0. The van der Waals surface area contributed by atoms with Crippen LogP contribution >= 0.6 is 11.6 Å². The van der Waals surface area contributed by atoms with E-state index in [2.05, 4.69) is 0 Å². The number of carbonyl (C=O) groups excluding carboxylic acids is 1. The zero-order valence-corrected chi connectivity index (χ0v) is 10.8. The second-order valence-electron chi connectivity index (χ2n) is 3.88. The molecule has 0 unspecified atom stereocenters. The van der Waals surface area contributed by atoms with Crippen LogP contribution in [0.3, 0.4) is 0 Å². The minimum Gasteiger partial charge on any atom is -0.487 e. The van der Waals surface area contributed by atoms with Crippen LogP contribution in [0.25, 0.3) is 0 Å². The van der Waals surface area contributed by atoms with Gasteiger partial charge in [0.1, 0.15) is 5.78 Å². The molecule has 0 aromatic heterocycles. The van der Waals surface area contributed by atoms with E-state index in [1.165, 1.54) is 19.1 Å². The Balaban J connectivity index is 2.51. The maximum Gasteiger partial charge on any atom is 0.312 e. The summed E-state index contributed by atoms with van der Waals surface area (Å²) in [4.78, 5) is 21.0. The van der Waals surface area contributed by atoms with Crippen LogP contribution in [0.1, 0.15) is 26.2 Å². The Labute approximate surface area is 110 Å². The highest BCUT2D eigenvalue weighted by Gasteiger charge is 2.15. The quantitative estimate of drug-likeness (QED) is 0.433. The number of benzene rings is 1. The molecule has 0 bridgehead atoms. The van der Waals surface area contributed by atoms with Gasteiger partial charge in [0.15, 0.2) is 5.75 Å². The highest BCUT2D eigenvalue weighted by atomic mass is 35.5. The Bertz CT molecular complexity index is 448. The lowest BCUT2D eigenvalue weighted by Gasteiger charge is -2.06. The number of rotatable bonds is 7. The normalized spacial score (nSPS) is 10.1.